The summed E-state index contributed by atoms with van der Waals surface area (Å²) < 4.78 is 1.55. The third kappa shape index (κ3) is 3.72. The Morgan fingerprint density at radius 1 is 1.38 bits per heavy atom. The number of carbonyl (C=O) groups is 1. The van der Waals surface area contributed by atoms with Gasteiger partial charge in [-0.3, -0.25) is 14.2 Å². The molecule has 0 radical (unpaired) electrons. The van der Waals surface area contributed by atoms with E-state index < -0.39 is 0 Å². The van der Waals surface area contributed by atoms with E-state index in [4.69, 9.17) is 0 Å². The summed E-state index contributed by atoms with van der Waals surface area (Å²) in [5, 5.41) is 3.72. The number of aromatic nitrogens is 3. The van der Waals surface area contributed by atoms with Gasteiger partial charge in [-0.25, -0.2) is 9.97 Å². The molecule has 3 rings (SSSR count). The van der Waals surface area contributed by atoms with Gasteiger partial charge >= 0.3 is 0 Å². The Morgan fingerprint density at radius 3 is 2.75 bits per heavy atom. The summed E-state index contributed by atoms with van der Waals surface area (Å²) in [7, 11) is 0. The molecule has 0 bridgehead atoms. The summed E-state index contributed by atoms with van der Waals surface area (Å²) in [5.41, 5.74) is 1.61. The second-order valence-corrected chi connectivity index (χ2v) is 7.43. The molecule has 1 saturated carbocycles. The number of nitrogens with zero attached hydrogens (tertiary/aromatic N) is 3. The van der Waals surface area contributed by atoms with Crippen molar-refractivity contribution in [1.29, 1.82) is 0 Å². The van der Waals surface area contributed by atoms with Gasteiger partial charge in [0.15, 0.2) is 0 Å². The molecule has 1 N–H and O–H groups in total. The van der Waals surface area contributed by atoms with Gasteiger partial charge < -0.3 is 5.32 Å². The van der Waals surface area contributed by atoms with Crippen molar-refractivity contribution in [2.45, 2.75) is 52.0 Å². The normalized spacial score (nSPS) is 14.9. The lowest BCUT2D eigenvalue weighted by Crippen LogP contribution is -2.31. The van der Waals surface area contributed by atoms with E-state index in [-0.39, 0.29) is 11.5 Å². The maximum atomic E-state index is 12.2. The first-order valence-electron chi connectivity index (χ1n) is 8.33. The molecule has 6 nitrogen and oxygen atoms in total. The minimum atomic E-state index is -0.137. The molecule has 1 fully saturated rings. The predicted octanol–water partition coefficient (Wildman–Crippen LogP) is 2.40. The molecule has 0 unspecified atom stereocenters. The fourth-order valence-electron chi connectivity index (χ4n) is 3.16. The summed E-state index contributed by atoms with van der Waals surface area (Å²) in [6, 6.07) is 1.65. The lowest BCUT2D eigenvalue weighted by atomic mass is 10.0. The van der Waals surface area contributed by atoms with Crippen LogP contribution in [0.1, 0.15) is 57.7 Å². The highest BCUT2D eigenvalue weighted by Gasteiger charge is 2.19. The minimum Gasteiger partial charge on any atom is -0.349 e. The SMILES string of the molecule is Cc1nc(C)c(C(=O)NCCn2cnc(C3CCCC3)cc2=O)s1. The van der Waals surface area contributed by atoms with Gasteiger partial charge in [-0.05, 0) is 26.7 Å². The van der Waals surface area contributed by atoms with Gasteiger partial charge in [0, 0.05) is 25.1 Å². The monoisotopic (exact) mass is 346 g/mol. The molecule has 128 valence electrons. The Hall–Kier alpha value is -2.02. The second-order valence-electron chi connectivity index (χ2n) is 6.23. The van der Waals surface area contributed by atoms with Crippen LogP contribution in [0.5, 0.6) is 0 Å². The van der Waals surface area contributed by atoms with Gasteiger partial charge in [-0.2, -0.15) is 0 Å². The van der Waals surface area contributed by atoms with E-state index in [1.807, 2.05) is 13.8 Å². The van der Waals surface area contributed by atoms with Crippen LogP contribution in [0.15, 0.2) is 17.2 Å². The van der Waals surface area contributed by atoms with E-state index in [0.29, 0.717) is 23.9 Å². The Kier molecular flexibility index (Phi) is 5.08. The summed E-state index contributed by atoms with van der Waals surface area (Å²) in [4.78, 5) is 33.7. The number of hydrogen-bond donors (Lipinski definition) is 1. The third-order valence-corrected chi connectivity index (χ3v) is 5.49. The smallest absolute Gasteiger partial charge is 0.263 e. The Bertz CT molecular complexity index is 790. The molecule has 0 spiro atoms. The van der Waals surface area contributed by atoms with E-state index in [2.05, 4.69) is 15.3 Å². The molecule has 1 aliphatic carbocycles. The molecule has 7 heteroatoms. The van der Waals surface area contributed by atoms with E-state index in [0.717, 1.165) is 29.2 Å². The number of aryl methyl sites for hydroxylation is 2. The van der Waals surface area contributed by atoms with Crippen molar-refractivity contribution in [3.63, 3.8) is 0 Å². The Labute approximate surface area is 145 Å². The molecule has 1 amide bonds. The largest absolute Gasteiger partial charge is 0.349 e. The summed E-state index contributed by atoms with van der Waals surface area (Å²) in [6.07, 6.45) is 6.29. The number of carbonyl (C=O) groups excluding carboxylic acids is 1. The Balaban J connectivity index is 1.57. The zero-order chi connectivity index (χ0) is 17.1. The predicted molar refractivity (Wildman–Crippen MR) is 93.6 cm³/mol. The van der Waals surface area contributed by atoms with Gasteiger partial charge in [0.05, 0.1) is 22.7 Å². The molecule has 2 aromatic heterocycles. The van der Waals surface area contributed by atoms with Crippen molar-refractivity contribution in [3.05, 3.63) is 44.0 Å². The van der Waals surface area contributed by atoms with Crippen molar-refractivity contribution in [2.24, 2.45) is 0 Å². The fraction of sp³-hybridized carbons (Fsp3) is 0.529. The molecule has 2 aromatic rings. The number of hydrogen-bond acceptors (Lipinski definition) is 5. The van der Waals surface area contributed by atoms with E-state index >= 15 is 0 Å². The summed E-state index contributed by atoms with van der Waals surface area (Å²) in [6.45, 7) is 4.51. The maximum Gasteiger partial charge on any atom is 0.263 e. The third-order valence-electron chi connectivity index (χ3n) is 4.42. The quantitative estimate of drug-likeness (QED) is 0.902. The zero-order valence-electron chi connectivity index (χ0n) is 14.0. The standard InChI is InChI=1S/C17H22N4O2S/c1-11-16(24-12(2)20-11)17(23)18-7-8-21-10-19-14(9-15(21)22)13-5-3-4-6-13/h9-10,13H,3-8H2,1-2H3,(H,18,23). The van der Waals surface area contributed by atoms with Gasteiger partial charge in [0.25, 0.3) is 11.5 Å². The topological polar surface area (TPSA) is 76.9 Å². The highest BCUT2D eigenvalue weighted by molar-refractivity contribution is 7.13. The number of rotatable bonds is 5. The highest BCUT2D eigenvalue weighted by atomic mass is 32.1. The Morgan fingerprint density at radius 2 is 2.12 bits per heavy atom. The van der Waals surface area contributed by atoms with Crippen molar-refractivity contribution in [3.8, 4) is 0 Å². The van der Waals surface area contributed by atoms with Gasteiger partial charge in [0.2, 0.25) is 0 Å². The zero-order valence-corrected chi connectivity index (χ0v) is 14.9. The van der Waals surface area contributed by atoms with Crippen molar-refractivity contribution in [1.82, 2.24) is 19.9 Å². The average molecular weight is 346 g/mol. The maximum absolute atomic E-state index is 12.2. The molecule has 0 aliphatic heterocycles. The number of thiazole rings is 1. The molecule has 2 heterocycles. The second kappa shape index (κ2) is 7.25. The van der Waals surface area contributed by atoms with Gasteiger partial charge in [-0.15, -0.1) is 11.3 Å². The van der Waals surface area contributed by atoms with E-state index in [1.165, 1.54) is 24.2 Å². The van der Waals surface area contributed by atoms with Gasteiger partial charge in [0.1, 0.15) is 4.88 Å². The molecule has 0 aromatic carbocycles. The van der Waals surface area contributed by atoms with E-state index in [9.17, 15) is 9.59 Å². The first kappa shape index (κ1) is 16.8. The van der Waals surface area contributed by atoms with Crippen LogP contribution in [-0.2, 0) is 6.54 Å². The summed E-state index contributed by atoms with van der Waals surface area (Å²) in [5.74, 6) is 0.297. The lowest BCUT2D eigenvalue weighted by Gasteiger charge is -2.10. The molecular weight excluding hydrogens is 324 g/mol. The molecule has 0 atom stereocenters. The van der Waals surface area contributed by atoms with E-state index in [1.54, 1.807) is 17.0 Å². The molecule has 24 heavy (non-hydrogen) atoms. The van der Waals surface area contributed by atoms with Gasteiger partial charge in [-0.1, -0.05) is 12.8 Å². The fourth-order valence-corrected chi connectivity index (χ4v) is 4.00. The van der Waals surface area contributed by atoms with Crippen molar-refractivity contribution in [2.75, 3.05) is 6.54 Å². The number of amides is 1. The first-order valence-corrected chi connectivity index (χ1v) is 9.15. The number of nitrogens with one attached hydrogen (secondary N) is 1. The molecular formula is C17H22N4O2S. The van der Waals surface area contributed by atoms with Crippen LogP contribution in [0.4, 0.5) is 0 Å². The van der Waals surface area contributed by atoms with Crippen LogP contribution < -0.4 is 10.9 Å². The van der Waals surface area contributed by atoms with Crippen LogP contribution in [0.25, 0.3) is 0 Å². The minimum absolute atomic E-state index is 0.0500. The van der Waals surface area contributed by atoms with Crippen molar-refractivity contribution >= 4 is 17.2 Å². The lowest BCUT2D eigenvalue weighted by molar-refractivity contribution is 0.0955. The highest BCUT2D eigenvalue weighted by Crippen LogP contribution is 2.32. The molecule has 0 saturated heterocycles. The van der Waals surface area contributed by atoms with Crippen LogP contribution in [0, 0.1) is 13.8 Å². The van der Waals surface area contributed by atoms with Crippen molar-refractivity contribution < 1.29 is 4.79 Å². The van der Waals surface area contributed by atoms with Crippen LogP contribution >= 0.6 is 11.3 Å². The van der Waals surface area contributed by atoms with Crippen LogP contribution in [-0.4, -0.2) is 27.0 Å². The first-order chi connectivity index (χ1) is 11.5. The summed E-state index contributed by atoms with van der Waals surface area (Å²) >= 11 is 1.38. The molecule has 1 aliphatic rings. The van der Waals surface area contributed by atoms with Crippen LogP contribution in [0.2, 0.25) is 0 Å². The average Bonchev–Trinajstić information content (AvgIpc) is 3.18. The van der Waals surface area contributed by atoms with Crippen LogP contribution in [0.3, 0.4) is 0 Å².